The van der Waals surface area contributed by atoms with Crippen LogP contribution in [0, 0.1) is 0 Å². The van der Waals surface area contributed by atoms with Crippen LogP contribution in [0.3, 0.4) is 0 Å². The average Bonchev–Trinajstić information content (AvgIpc) is 3.24. The number of para-hydroxylation sites is 1. The largest absolute Gasteiger partial charge is 0.457 e. The molecule has 3 aromatic carbocycles. The fraction of sp³-hybridized carbons (Fsp3) is 0.130. The van der Waals surface area contributed by atoms with E-state index in [1.165, 1.54) is 11.3 Å². The SMILES string of the molecule is CS(=O)(=O)c1ccc(C2=NN(C(=O)c3cccc(Oc4ccccc4)c3)CC2)cc1. The zero-order chi connectivity index (χ0) is 21.1. The fourth-order valence-electron chi connectivity index (χ4n) is 3.17. The van der Waals surface area contributed by atoms with Crippen LogP contribution in [0.5, 0.6) is 11.5 Å². The molecular formula is C23H20N2O4S. The van der Waals surface area contributed by atoms with E-state index in [4.69, 9.17) is 4.74 Å². The van der Waals surface area contributed by atoms with Crippen LogP contribution in [0.25, 0.3) is 0 Å². The maximum absolute atomic E-state index is 12.9. The smallest absolute Gasteiger partial charge is 0.274 e. The number of hydrazone groups is 1. The van der Waals surface area contributed by atoms with Gasteiger partial charge in [-0.3, -0.25) is 4.79 Å². The van der Waals surface area contributed by atoms with E-state index in [1.54, 1.807) is 48.5 Å². The summed E-state index contributed by atoms with van der Waals surface area (Å²) in [5, 5.41) is 5.88. The van der Waals surface area contributed by atoms with Crippen LogP contribution in [0.1, 0.15) is 22.3 Å². The molecule has 0 fully saturated rings. The van der Waals surface area contributed by atoms with Crippen molar-refractivity contribution in [3.05, 3.63) is 90.0 Å². The van der Waals surface area contributed by atoms with Crippen molar-refractivity contribution in [3.8, 4) is 11.5 Å². The van der Waals surface area contributed by atoms with Crippen molar-refractivity contribution in [1.82, 2.24) is 5.01 Å². The molecular weight excluding hydrogens is 400 g/mol. The summed E-state index contributed by atoms with van der Waals surface area (Å²) in [5.41, 5.74) is 2.04. The van der Waals surface area contributed by atoms with E-state index >= 15 is 0 Å². The quantitative estimate of drug-likeness (QED) is 0.622. The number of hydrogen-bond acceptors (Lipinski definition) is 5. The van der Waals surface area contributed by atoms with Gasteiger partial charge in [0.2, 0.25) is 0 Å². The molecule has 0 N–H and O–H groups in total. The average molecular weight is 420 g/mol. The van der Waals surface area contributed by atoms with Crippen LogP contribution in [-0.2, 0) is 9.84 Å². The Bertz CT molecular complexity index is 1200. The molecule has 0 bridgehead atoms. The molecule has 0 aliphatic carbocycles. The molecule has 7 heteroatoms. The predicted octanol–water partition coefficient (Wildman–Crippen LogP) is 4.13. The van der Waals surface area contributed by atoms with Crippen LogP contribution < -0.4 is 4.74 Å². The number of rotatable bonds is 5. The first kappa shape index (κ1) is 19.8. The van der Waals surface area contributed by atoms with E-state index in [0.29, 0.717) is 30.0 Å². The molecule has 1 heterocycles. The normalized spacial score (nSPS) is 13.8. The maximum atomic E-state index is 12.9. The molecule has 1 aliphatic heterocycles. The van der Waals surface area contributed by atoms with Gasteiger partial charge in [-0.1, -0.05) is 36.4 Å². The highest BCUT2D eigenvalue weighted by molar-refractivity contribution is 7.90. The molecule has 0 spiro atoms. The minimum atomic E-state index is -3.25. The van der Waals surface area contributed by atoms with Gasteiger partial charge in [0.1, 0.15) is 11.5 Å². The number of carbonyl (C=O) groups excluding carboxylic acids is 1. The Hall–Kier alpha value is -3.45. The summed E-state index contributed by atoms with van der Waals surface area (Å²) in [4.78, 5) is 13.2. The van der Waals surface area contributed by atoms with Crippen LogP contribution >= 0.6 is 0 Å². The lowest BCUT2D eigenvalue weighted by molar-refractivity contribution is 0.0778. The van der Waals surface area contributed by atoms with Crippen LogP contribution in [0.2, 0.25) is 0 Å². The highest BCUT2D eigenvalue weighted by Crippen LogP contribution is 2.24. The first-order valence-electron chi connectivity index (χ1n) is 9.43. The van der Waals surface area contributed by atoms with Gasteiger partial charge in [-0.25, -0.2) is 13.4 Å². The summed E-state index contributed by atoms with van der Waals surface area (Å²) in [7, 11) is -3.25. The minimum Gasteiger partial charge on any atom is -0.457 e. The Morgan fingerprint density at radius 2 is 1.63 bits per heavy atom. The Balaban J connectivity index is 1.50. The third-order valence-electron chi connectivity index (χ3n) is 4.71. The molecule has 0 saturated heterocycles. The van der Waals surface area contributed by atoms with Crippen molar-refractivity contribution >= 4 is 21.5 Å². The molecule has 0 unspecified atom stereocenters. The summed E-state index contributed by atoms with van der Waals surface area (Å²) in [6.07, 6.45) is 1.77. The lowest BCUT2D eigenvalue weighted by atomic mass is 10.1. The van der Waals surface area contributed by atoms with Gasteiger partial charge in [-0.2, -0.15) is 5.10 Å². The standard InChI is InChI=1S/C23H20N2O4S/c1-30(27,28)21-12-10-17(11-13-21)22-14-15-25(24-22)23(26)18-6-5-9-20(16-18)29-19-7-3-2-4-8-19/h2-13,16H,14-15H2,1H3. The van der Waals surface area contributed by atoms with E-state index in [2.05, 4.69) is 5.10 Å². The van der Waals surface area contributed by atoms with E-state index in [9.17, 15) is 13.2 Å². The van der Waals surface area contributed by atoms with E-state index in [-0.39, 0.29) is 10.8 Å². The molecule has 0 aromatic heterocycles. The number of ether oxygens (including phenoxy) is 1. The molecule has 3 aromatic rings. The highest BCUT2D eigenvalue weighted by Gasteiger charge is 2.23. The second kappa shape index (κ2) is 8.12. The van der Waals surface area contributed by atoms with Crippen molar-refractivity contribution < 1.29 is 17.9 Å². The fourth-order valence-corrected chi connectivity index (χ4v) is 3.80. The third kappa shape index (κ3) is 4.41. The van der Waals surface area contributed by atoms with Crippen molar-refractivity contribution in [2.75, 3.05) is 12.8 Å². The van der Waals surface area contributed by atoms with Gasteiger partial charge in [0.25, 0.3) is 5.91 Å². The number of benzene rings is 3. The molecule has 0 saturated carbocycles. The monoisotopic (exact) mass is 420 g/mol. The number of carbonyl (C=O) groups is 1. The second-order valence-electron chi connectivity index (χ2n) is 6.96. The first-order valence-corrected chi connectivity index (χ1v) is 11.3. The van der Waals surface area contributed by atoms with Crippen molar-refractivity contribution in [3.63, 3.8) is 0 Å². The summed E-state index contributed by atoms with van der Waals surface area (Å²) < 4.78 is 29.0. The zero-order valence-corrected chi connectivity index (χ0v) is 17.2. The first-order chi connectivity index (χ1) is 14.4. The van der Waals surface area contributed by atoms with E-state index in [1.807, 2.05) is 30.3 Å². The van der Waals surface area contributed by atoms with Gasteiger partial charge >= 0.3 is 0 Å². The van der Waals surface area contributed by atoms with Crippen molar-refractivity contribution in [2.24, 2.45) is 5.10 Å². The van der Waals surface area contributed by atoms with Gasteiger partial charge in [0.05, 0.1) is 17.2 Å². The summed E-state index contributed by atoms with van der Waals surface area (Å²) in [6.45, 7) is 0.464. The van der Waals surface area contributed by atoms with Crippen molar-refractivity contribution in [2.45, 2.75) is 11.3 Å². The van der Waals surface area contributed by atoms with Crippen LogP contribution in [0.15, 0.2) is 88.9 Å². The molecule has 0 atom stereocenters. The van der Waals surface area contributed by atoms with Gasteiger partial charge < -0.3 is 4.74 Å². The zero-order valence-electron chi connectivity index (χ0n) is 16.4. The Kier molecular flexibility index (Phi) is 5.37. The molecule has 30 heavy (non-hydrogen) atoms. The number of nitrogens with zero attached hydrogens (tertiary/aromatic N) is 2. The highest BCUT2D eigenvalue weighted by atomic mass is 32.2. The predicted molar refractivity (Wildman–Crippen MR) is 115 cm³/mol. The van der Waals surface area contributed by atoms with Crippen LogP contribution in [0.4, 0.5) is 0 Å². The molecule has 4 rings (SSSR count). The molecule has 1 amide bonds. The van der Waals surface area contributed by atoms with E-state index in [0.717, 1.165) is 11.3 Å². The summed E-state index contributed by atoms with van der Waals surface area (Å²) >= 11 is 0. The number of amides is 1. The number of sulfone groups is 1. The van der Waals surface area contributed by atoms with Gasteiger partial charge in [0.15, 0.2) is 9.84 Å². The van der Waals surface area contributed by atoms with Crippen LogP contribution in [-0.4, -0.2) is 37.8 Å². The van der Waals surface area contributed by atoms with Gasteiger partial charge in [0, 0.05) is 18.2 Å². The van der Waals surface area contributed by atoms with Gasteiger partial charge in [-0.15, -0.1) is 0 Å². The lowest BCUT2D eigenvalue weighted by Crippen LogP contribution is -2.23. The summed E-state index contributed by atoms with van der Waals surface area (Å²) in [5.74, 6) is 1.06. The molecule has 0 radical (unpaired) electrons. The Morgan fingerprint density at radius 1 is 0.933 bits per heavy atom. The lowest BCUT2D eigenvalue weighted by Gasteiger charge is -2.12. The third-order valence-corrected chi connectivity index (χ3v) is 5.84. The summed E-state index contributed by atoms with van der Waals surface area (Å²) in [6, 6.07) is 22.9. The van der Waals surface area contributed by atoms with Crippen molar-refractivity contribution in [1.29, 1.82) is 0 Å². The Morgan fingerprint density at radius 3 is 2.33 bits per heavy atom. The molecule has 6 nitrogen and oxygen atoms in total. The maximum Gasteiger partial charge on any atom is 0.274 e. The van der Waals surface area contributed by atoms with Gasteiger partial charge in [-0.05, 0) is 48.0 Å². The topological polar surface area (TPSA) is 76.0 Å². The molecule has 152 valence electrons. The minimum absolute atomic E-state index is 0.212. The second-order valence-corrected chi connectivity index (χ2v) is 8.98. The number of hydrogen-bond donors (Lipinski definition) is 0. The van der Waals surface area contributed by atoms with E-state index < -0.39 is 9.84 Å². The Labute approximate surface area is 175 Å². The molecule has 1 aliphatic rings.